The SMILES string of the molecule is [3H]c1cnc2nc(C(=O)N3CCC4(C3)NC(=C)NC4=O)sc2c1. The summed E-state index contributed by atoms with van der Waals surface area (Å²) in [5, 5.41) is 6.02. The van der Waals surface area contributed by atoms with E-state index in [4.69, 9.17) is 1.37 Å². The van der Waals surface area contributed by atoms with Crippen LogP contribution in [0.3, 0.4) is 0 Å². The Morgan fingerprint density at radius 2 is 2.45 bits per heavy atom. The zero-order valence-corrected chi connectivity index (χ0v) is 12.4. The van der Waals surface area contributed by atoms with E-state index in [0.717, 1.165) is 0 Å². The molecule has 22 heavy (non-hydrogen) atoms. The fourth-order valence-corrected chi connectivity index (χ4v) is 3.73. The van der Waals surface area contributed by atoms with E-state index in [1.807, 2.05) is 0 Å². The molecule has 0 radical (unpaired) electrons. The van der Waals surface area contributed by atoms with Crippen molar-refractivity contribution < 1.29 is 11.0 Å². The Balaban J connectivity index is 1.59. The van der Waals surface area contributed by atoms with Crippen molar-refractivity contribution >= 4 is 33.5 Å². The third-order valence-corrected chi connectivity index (χ3v) is 4.92. The molecule has 2 N–H and O–H groups in total. The van der Waals surface area contributed by atoms with E-state index < -0.39 is 5.54 Å². The molecule has 7 nitrogen and oxygen atoms in total. The van der Waals surface area contributed by atoms with Gasteiger partial charge in [-0.1, -0.05) is 6.58 Å². The Hall–Kier alpha value is -2.48. The van der Waals surface area contributed by atoms with Crippen molar-refractivity contribution in [2.75, 3.05) is 13.1 Å². The molecule has 0 aliphatic carbocycles. The number of aromatic nitrogens is 2. The smallest absolute Gasteiger partial charge is 0.283 e. The van der Waals surface area contributed by atoms with Crippen LogP contribution in [-0.2, 0) is 4.79 Å². The fraction of sp³-hybridized carbons (Fsp3) is 0.286. The highest BCUT2D eigenvalue weighted by Gasteiger charge is 2.50. The summed E-state index contributed by atoms with van der Waals surface area (Å²) < 4.78 is 8.28. The Bertz CT molecular complexity index is 866. The number of carbonyl (C=O) groups excluding carboxylic acids is 2. The van der Waals surface area contributed by atoms with Gasteiger partial charge in [0.15, 0.2) is 10.7 Å². The van der Waals surface area contributed by atoms with Crippen LogP contribution in [0.15, 0.2) is 30.7 Å². The van der Waals surface area contributed by atoms with E-state index >= 15 is 0 Å². The van der Waals surface area contributed by atoms with Crippen LogP contribution in [0.1, 0.15) is 17.6 Å². The lowest BCUT2D eigenvalue weighted by molar-refractivity contribution is -0.123. The lowest BCUT2D eigenvalue weighted by atomic mass is 9.99. The van der Waals surface area contributed by atoms with Crippen LogP contribution < -0.4 is 10.6 Å². The summed E-state index contributed by atoms with van der Waals surface area (Å²) in [7, 11) is 0. The maximum Gasteiger partial charge on any atom is 0.283 e. The lowest BCUT2D eigenvalue weighted by Crippen LogP contribution is -2.49. The second-order valence-electron chi connectivity index (χ2n) is 5.39. The molecule has 2 amide bonds. The van der Waals surface area contributed by atoms with Gasteiger partial charge in [0.25, 0.3) is 11.8 Å². The topological polar surface area (TPSA) is 87.2 Å². The summed E-state index contributed by atoms with van der Waals surface area (Å²) in [5.74, 6) is 0.0996. The van der Waals surface area contributed by atoms with Gasteiger partial charge in [-0.25, -0.2) is 9.97 Å². The summed E-state index contributed by atoms with van der Waals surface area (Å²) in [6.45, 7) is 4.46. The Morgan fingerprint density at radius 3 is 3.23 bits per heavy atom. The summed E-state index contributed by atoms with van der Waals surface area (Å²) >= 11 is 1.22. The van der Waals surface area contributed by atoms with E-state index in [9.17, 15) is 9.59 Å². The quantitative estimate of drug-likeness (QED) is 0.798. The van der Waals surface area contributed by atoms with Gasteiger partial charge in [-0.05, 0) is 18.5 Å². The largest absolute Gasteiger partial charge is 0.356 e. The molecule has 2 aliphatic heterocycles. The van der Waals surface area contributed by atoms with Gasteiger partial charge in [-0.15, -0.1) is 11.3 Å². The minimum atomic E-state index is -0.782. The lowest BCUT2D eigenvalue weighted by Gasteiger charge is -2.21. The molecule has 2 saturated heterocycles. The molecule has 0 bridgehead atoms. The summed E-state index contributed by atoms with van der Waals surface area (Å²) in [4.78, 5) is 34.6. The van der Waals surface area contributed by atoms with Crippen LogP contribution in [0.25, 0.3) is 10.3 Å². The molecule has 4 rings (SSSR count). The number of likely N-dealkylation sites (tertiary alicyclic amines) is 1. The zero-order valence-electron chi connectivity index (χ0n) is 12.5. The number of pyridine rings is 1. The predicted molar refractivity (Wildman–Crippen MR) is 81.1 cm³/mol. The van der Waals surface area contributed by atoms with Crippen LogP contribution in [0, 0.1) is 0 Å². The Kier molecular flexibility index (Phi) is 2.48. The number of rotatable bonds is 1. The van der Waals surface area contributed by atoms with Crippen LogP contribution in [0.5, 0.6) is 0 Å². The van der Waals surface area contributed by atoms with Gasteiger partial charge in [0, 0.05) is 12.7 Å². The maximum atomic E-state index is 12.6. The van der Waals surface area contributed by atoms with Gasteiger partial charge in [0.1, 0.15) is 5.54 Å². The molecule has 2 aromatic rings. The van der Waals surface area contributed by atoms with Crippen LogP contribution in [0.4, 0.5) is 0 Å². The van der Waals surface area contributed by atoms with E-state index in [0.29, 0.717) is 34.1 Å². The number of thiazole rings is 1. The van der Waals surface area contributed by atoms with Crippen molar-refractivity contribution in [2.45, 2.75) is 12.0 Å². The van der Waals surface area contributed by atoms with E-state index in [1.165, 1.54) is 17.5 Å². The predicted octanol–water partition coefficient (Wildman–Crippen LogP) is 0.467. The number of carbonyl (C=O) groups is 2. The van der Waals surface area contributed by atoms with Gasteiger partial charge in [-0.2, -0.15) is 0 Å². The summed E-state index contributed by atoms with van der Waals surface area (Å²) in [5.41, 5.74) is -0.316. The molecule has 1 atom stereocenters. The van der Waals surface area contributed by atoms with Gasteiger partial charge in [0.2, 0.25) is 0 Å². The summed E-state index contributed by atoms with van der Waals surface area (Å²) in [6, 6.07) is 1.92. The standard InChI is InChI=1S/C14H13N5O2S/c1-8-16-13(21)14(18-8)4-6-19(7-14)12(20)11-17-10-9(22-11)3-2-5-15-10/h2-3,5,18H,1,4,6-7H2,(H,16,21)/i2T. The number of hydrogen-bond donors (Lipinski definition) is 2. The van der Waals surface area contributed by atoms with Gasteiger partial charge >= 0.3 is 0 Å². The van der Waals surface area contributed by atoms with E-state index in [1.54, 1.807) is 11.0 Å². The van der Waals surface area contributed by atoms with Crippen LogP contribution in [-0.4, -0.2) is 45.3 Å². The molecule has 2 fully saturated rings. The average Bonchev–Trinajstić information content (AvgIpc) is 3.17. The Labute approximate surface area is 131 Å². The van der Waals surface area contributed by atoms with Crippen LogP contribution in [0.2, 0.25) is 0 Å². The molecule has 8 heteroatoms. The van der Waals surface area contributed by atoms with E-state index in [2.05, 4.69) is 27.2 Å². The van der Waals surface area contributed by atoms with Gasteiger partial charge < -0.3 is 15.5 Å². The molecule has 2 aliphatic rings. The first-order chi connectivity index (χ1) is 11.0. The van der Waals surface area contributed by atoms with Crippen molar-refractivity contribution in [1.82, 2.24) is 25.5 Å². The highest BCUT2D eigenvalue weighted by Crippen LogP contribution is 2.29. The van der Waals surface area contributed by atoms with Crippen LogP contribution >= 0.6 is 11.3 Å². The molecule has 1 spiro atoms. The third kappa shape index (κ3) is 1.87. The molecule has 4 heterocycles. The number of amides is 2. The molecule has 1 unspecified atom stereocenters. The normalized spacial score (nSPS) is 24.7. The fourth-order valence-electron chi connectivity index (χ4n) is 2.85. The minimum absolute atomic E-state index is 0.150. The first-order valence-corrected chi connectivity index (χ1v) is 7.59. The molecule has 2 aromatic heterocycles. The minimum Gasteiger partial charge on any atom is -0.356 e. The number of fused-ring (bicyclic) bond motifs is 1. The maximum absolute atomic E-state index is 12.6. The number of nitrogens with zero attached hydrogens (tertiary/aromatic N) is 3. The van der Waals surface area contributed by atoms with Crippen molar-refractivity contribution in [3.05, 3.63) is 35.7 Å². The first kappa shape index (κ1) is 12.1. The molecule has 112 valence electrons. The summed E-state index contributed by atoms with van der Waals surface area (Å²) in [6.07, 6.45) is 1.93. The molecular weight excluding hydrogens is 302 g/mol. The number of nitrogens with one attached hydrogen (secondary N) is 2. The second kappa shape index (κ2) is 4.51. The molecule has 0 saturated carbocycles. The van der Waals surface area contributed by atoms with Gasteiger partial charge in [0.05, 0.1) is 18.4 Å². The molecule has 0 aromatic carbocycles. The highest BCUT2D eigenvalue weighted by molar-refractivity contribution is 7.20. The highest BCUT2D eigenvalue weighted by atomic mass is 32.1. The third-order valence-electron chi connectivity index (χ3n) is 3.94. The van der Waals surface area contributed by atoms with Crippen molar-refractivity contribution in [1.29, 1.82) is 0 Å². The average molecular weight is 317 g/mol. The number of hydrogen-bond acceptors (Lipinski definition) is 6. The monoisotopic (exact) mass is 317 g/mol. The van der Waals surface area contributed by atoms with Crippen molar-refractivity contribution in [3.8, 4) is 0 Å². The van der Waals surface area contributed by atoms with Gasteiger partial charge in [-0.3, -0.25) is 9.59 Å². The van der Waals surface area contributed by atoms with Crippen molar-refractivity contribution in [2.24, 2.45) is 0 Å². The van der Waals surface area contributed by atoms with Crippen molar-refractivity contribution in [3.63, 3.8) is 0 Å². The zero-order chi connectivity index (χ0) is 16.2. The molecular formula is C14H13N5O2S. The Morgan fingerprint density at radius 1 is 1.59 bits per heavy atom. The first-order valence-electron chi connectivity index (χ1n) is 7.28. The second-order valence-corrected chi connectivity index (χ2v) is 6.42. The van der Waals surface area contributed by atoms with E-state index in [-0.39, 0.29) is 24.4 Å².